The summed E-state index contributed by atoms with van der Waals surface area (Å²) in [6, 6.07) is 3.11. The summed E-state index contributed by atoms with van der Waals surface area (Å²) < 4.78 is 10.9. The van der Waals surface area contributed by atoms with Crippen molar-refractivity contribution in [1.29, 1.82) is 0 Å². The number of ether oxygens (including phenoxy) is 1. The monoisotopic (exact) mass is 456 g/mol. The van der Waals surface area contributed by atoms with E-state index in [0.717, 1.165) is 50.5 Å². The third-order valence-corrected chi connectivity index (χ3v) is 10.7. The topological polar surface area (TPSA) is 93.8 Å². The molecule has 180 valence electrons. The summed E-state index contributed by atoms with van der Waals surface area (Å²) in [5, 5.41) is 10.3. The van der Waals surface area contributed by atoms with Gasteiger partial charge in [0.05, 0.1) is 12.4 Å². The van der Waals surface area contributed by atoms with Crippen molar-refractivity contribution in [3.63, 3.8) is 0 Å². The minimum absolute atomic E-state index is 0.0176. The molecular weight excluding hydrogens is 420 g/mol. The minimum atomic E-state index is -0.873. The number of hydrogen-bond acceptors (Lipinski definition) is 6. The standard InChI is InChI=1S/C27H36O6/c1-15(28)33-23-22(16-5-8-21(30)32-14-16)26(3)12-10-19-20(27(26,4)24(23)31)7-6-17-13-18(29)9-11-25(17,19)2/h5,8,14,17-20,22-23,29H,6-7,9-13H2,1-4H3/t17-,18+,19+,20-,22+,23-,25+,26-,27?/m1/s1. The summed E-state index contributed by atoms with van der Waals surface area (Å²) in [6.45, 7) is 8.03. The highest BCUT2D eigenvalue weighted by atomic mass is 16.5. The van der Waals surface area contributed by atoms with Crippen LogP contribution in [0.15, 0.2) is 27.6 Å². The molecule has 1 N–H and O–H groups in total. The van der Waals surface area contributed by atoms with Crippen molar-refractivity contribution >= 4 is 11.8 Å². The average molecular weight is 457 g/mol. The van der Waals surface area contributed by atoms with Crippen molar-refractivity contribution in [2.24, 2.45) is 34.0 Å². The van der Waals surface area contributed by atoms with E-state index in [4.69, 9.17) is 9.15 Å². The molecule has 0 saturated heterocycles. The molecule has 0 aliphatic heterocycles. The lowest BCUT2D eigenvalue weighted by molar-refractivity contribution is -0.170. The molecule has 4 aliphatic carbocycles. The van der Waals surface area contributed by atoms with Crippen LogP contribution in [0.1, 0.15) is 84.1 Å². The summed E-state index contributed by atoms with van der Waals surface area (Å²) >= 11 is 0. The fraction of sp³-hybridized carbons (Fsp3) is 0.741. The number of rotatable bonds is 2. The van der Waals surface area contributed by atoms with Crippen LogP contribution in [0.5, 0.6) is 0 Å². The predicted octanol–water partition coefficient (Wildman–Crippen LogP) is 4.24. The summed E-state index contributed by atoms with van der Waals surface area (Å²) in [6.07, 6.45) is 6.92. The molecule has 33 heavy (non-hydrogen) atoms. The van der Waals surface area contributed by atoms with E-state index in [-0.39, 0.29) is 29.1 Å². The molecule has 4 saturated carbocycles. The Hall–Kier alpha value is -1.95. The van der Waals surface area contributed by atoms with E-state index in [1.54, 1.807) is 6.07 Å². The van der Waals surface area contributed by atoms with Crippen molar-refractivity contribution in [1.82, 2.24) is 0 Å². The van der Waals surface area contributed by atoms with Gasteiger partial charge in [-0.25, -0.2) is 4.79 Å². The van der Waals surface area contributed by atoms with Gasteiger partial charge in [-0.15, -0.1) is 0 Å². The quantitative estimate of drug-likeness (QED) is 0.669. The van der Waals surface area contributed by atoms with Crippen molar-refractivity contribution in [2.75, 3.05) is 0 Å². The number of carbonyl (C=O) groups excluding carboxylic acids is 2. The molecule has 0 bridgehead atoms. The number of carbonyl (C=O) groups is 2. The molecule has 0 amide bonds. The van der Waals surface area contributed by atoms with Crippen LogP contribution in [0.25, 0.3) is 0 Å². The Bertz CT molecular complexity index is 1010. The molecule has 1 aromatic heterocycles. The van der Waals surface area contributed by atoms with Gasteiger partial charge < -0.3 is 14.3 Å². The molecule has 6 nitrogen and oxygen atoms in total. The maximum absolute atomic E-state index is 14.2. The van der Waals surface area contributed by atoms with Gasteiger partial charge in [0.25, 0.3) is 0 Å². The molecular formula is C27H36O6. The molecule has 4 fully saturated rings. The molecule has 0 spiro atoms. The van der Waals surface area contributed by atoms with Gasteiger partial charge in [-0.3, -0.25) is 9.59 Å². The zero-order valence-electron chi connectivity index (χ0n) is 20.1. The Morgan fingerprint density at radius 1 is 1.06 bits per heavy atom. The number of fused-ring (bicyclic) bond motifs is 5. The van der Waals surface area contributed by atoms with Crippen molar-refractivity contribution in [3.8, 4) is 0 Å². The largest absolute Gasteiger partial charge is 0.454 e. The highest BCUT2D eigenvalue weighted by Gasteiger charge is 2.73. The van der Waals surface area contributed by atoms with E-state index in [1.165, 1.54) is 19.3 Å². The summed E-state index contributed by atoms with van der Waals surface area (Å²) in [5.41, 5.74) is -0.612. The third kappa shape index (κ3) is 3.05. The second kappa shape index (κ2) is 7.53. The fourth-order valence-electron chi connectivity index (χ4n) is 8.85. The third-order valence-electron chi connectivity index (χ3n) is 10.7. The smallest absolute Gasteiger partial charge is 0.335 e. The van der Waals surface area contributed by atoms with Crippen molar-refractivity contribution in [2.45, 2.75) is 90.8 Å². The Morgan fingerprint density at radius 2 is 1.82 bits per heavy atom. The van der Waals surface area contributed by atoms with Crippen LogP contribution in [-0.4, -0.2) is 29.1 Å². The average Bonchev–Trinajstić information content (AvgIpc) is 2.93. The fourth-order valence-corrected chi connectivity index (χ4v) is 8.85. The SMILES string of the molecule is CC(=O)O[C@H]1C(=O)C2(C)[C@@H]3CC[C@@H]4C[C@@H](O)CC[C@]4(C)[C@H]3CC[C@]2(C)[C@H]1c1ccc(=O)oc1. The first kappa shape index (κ1) is 22.8. The number of ketones is 1. The van der Waals surface area contributed by atoms with Gasteiger partial charge in [0.15, 0.2) is 11.9 Å². The van der Waals surface area contributed by atoms with Crippen molar-refractivity contribution in [3.05, 3.63) is 34.4 Å². The van der Waals surface area contributed by atoms with Gasteiger partial charge in [0.1, 0.15) is 0 Å². The van der Waals surface area contributed by atoms with E-state index >= 15 is 0 Å². The number of aliphatic hydroxyl groups is 1. The van der Waals surface area contributed by atoms with E-state index < -0.39 is 28.5 Å². The van der Waals surface area contributed by atoms with Crippen LogP contribution < -0.4 is 5.63 Å². The Labute approximate surface area is 195 Å². The van der Waals surface area contributed by atoms with Crippen molar-refractivity contribution < 1.29 is 23.8 Å². The molecule has 9 atom stereocenters. The lowest BCUT2D eigenvalue weighted by atomic mass is 9.40. The summed E-state index contributed by atoms with van der Waals surface area (Å²) in [4.78, 5) is 37.9. The summed E-state index contributed by atoms with van der Waals surface area (Å²) in [5.74, 6) is 0.327. The molecule has 4 aliphatic rings. The summed E-state index contributed by atoms with van der Waals surface area (Å²) in [7, 11) is 0. The molecule has 5 rings (SSSR count). The first-order valence-electron chi connectivity index (χ1n) is 12.5. The number of hydrogen-bond donors (Lipinski definition) is 1. The second-order valence-electron chi connectivity index (χ2n) is 11.8. The van der Waals surface area contributed by atoms with Crippen LogP contribution in [0.4, 0.5) is 0 Å². The van der Waals surface area contributed by atoms with Crippen LogP contribution in [0.2, 0.25) is 0 Å². The van der Waals surface area contributed by atoms with E-state index in [2.05, 4.69) is 20.8 Å². The van der Waals surface area contributed by atoms with Gasteiger partial charge in [0.2, 0.25) is 0 Å². The lowest BCUT2D eigenvalue weighted by Gasteiger charge is -2.63. The van der Waals surface area contributed by atoms with Gasteiger partial charge in [-0.1, -0.05) is 20.8 Å². The Kier molecular flexibility index (Phi) is 5.20. The van der Waals surface area contributed by atoms with Gasteiger partial charge in [0, 0.05) is 24.3 Å². The highest BCUT2D eigenvalue weighted by molar-refractivity contribution is 5.95. The van der Waals surface area contributed by atoms with Gasteiger partial charge in [-0.2, -0.15) is 0 Å². The van der Waals surface area contributed by atoms with E-state index in [1.807, 2.05) is 0 Å². The van der Waals surface area contributed by atoms with Gasteiger partial charge in [-0.05, 0) is 85.2 Å². The lowest BCUT2D eigenvalue weighted by Crippen LogP contribution is -2.59. The molecule has 1 aromatic rings. The molecule has 6 heteroatoms. The minimum Gasteiger partial charge on any atom is -0.454 e. The van der Waals surface area contributed by atoms with E-state index in [9.17, 15) is 19.5 Å². The normalized spacial score (nSPS) is 46.8. The zero-order valence-corrected chi connectivity index (χ0v) is 20.1. The molecule has 1 heterocycles. The first-order chi connectivity index (χ1) is 15.5. The number of esters is 1. The maximum atomic E-state index is 14.2. The van der Waals surface area contributed by atoms with Crippen LogP contribution in [-0.2, 0) is 14.3 Å². The van der Waals surface area contributed by atoms with Crippen LogP contribution >= 0.6 is 0 Å². The highest BCUT2D eigenvalue weighted by Crippen LogP contribution is 2.73. The number of Topliss-reactive ketones (excluding diaryl/α,β-unsaturated/α-hetero) is 1. The second-order valence-corrected chi connectivity index (χ2v) is 11.8. The van der Waals surface area contributed by atoms with E-state index in [0.29, 0.717) is 11.8 Å². The Balaban J connectivity index is 1.60. The predicted molar refractivity (Wildman–Crippen MR) is 121 cm³/mol. The Morgan fingerprint density at radius 3 is 2.48 bits per heavy atom. The first-order valence-corrected chi connectivity index (χ1v) is 12.5. The zero-order chi connectivity index (χ0) is 23.8. The van der Waals surface area contributed by atoms with Crippen LogP contribution in [0.3, 0.4) is 0 Å². The van der Waals surface area contributed by atoms with Crippen LogP contribution in [0, 0.1) is 34.0 Å². The van der Waals surface area contributed by atoms with Gasteiger partial charge >= 0.3 is 11.6 Å². The number of aliphatic hydroxyl groups excluding tert-OH is 1. The molecule has 1 unspecified atom stereocenters. The maximum Gasteiger partial charge on any atom is 0.335 e. The molecule has 0 aromatic carbocycles. The molecule has 0 radical (unpaired) electrons.